The zero-order chi connectivity index (χ0) is 12.4. The van der Waals surface area contributed by atoms with Crippen molar-refractivity contribution in [2.24, 2.45) is 0 Å². The molecular formula is C12H11ClN2O2. The fourth-order valence-electron chi connectivity index (χ4n) is 1.64. The van der Waals surface area contributed by atoms with E-state index in [1.54, 1.807) is 41.1 Å². The van der Waals surface area contributed by atoms with Crippen LogP contribution in [0.5, 0.6) is 0 Å². The highest BCUT2D eigenvalue weighted by molar-refractivity contribution is 6.30. The van der Waals surface area contributed by atoms with E-state index in [1.165, 1.54) is 0 Å². The van der Waals surface area contributed by atoms with Crippen molar-refractivity contribution in [3.05, 3.63) is 52.8 Å². The Morgan fingerprint density at radius 2 is 2.18 bits per heavy atom. The maximum Gasteiger partial charge on any atom is 0.352 e. The van der Waals surface area contributed by atoms with Crippen LogP contribution in [0.4, 0.5) is 5.69 Å². The standard InChI is InChI=1S/C12H11ClN2O2/c13-9-3-4-10(14)8(6-9)7-15-5-1-2-11(15)12(16)17/h1-6H,7,14H2,(H,16,17). The lowest BCUT2D eigenvalue weighted by Crippen LogP contribution is -2.09. The number of aromatic carboxylic acids is 1. The van der Waals surface area contributed by atoms with Crippen LogP contribution in [0.1, 0.15) is 16.1 Å². The Balaban J connectivity index is 2.34. The van der Waals surface area contributed by atoms with Crippen molar-refractivity contribution in [1.29, 1.82) is 0 Å². The lowest BCUT2D eigenvalue weighted by molar-refractivity contribution is 0.0685. The van der Waals surface area contributed by atoms with Gasteiger partial charge in [0.05, 0.1) is 0 Å². The van der Waals surface area contributed by atoms with Crippen LogP contribution >= 0.6 is 11.6 Å². The van der Waals surface area contributed by atoms with E-state index in [1.807, 2.05) is 0 Å². The number of aromatic nitrogens is 1. The smallest absolute Gasteiger partial charge is 0.352 e. The Kier molecular flexibility index (Phi) is 3.06. The normalized spacial score (nSPS) is 10.4. The highest BCUT2D eigenvalue weighted by Crippen LogP contribution is 2.19. The van der Waals surface area contributed by atoms with Crippen LogP contribution in [0.3, 0.4) is 0 Å². The minimum atomic E-state index is -0.962. The summed E-state index contributed by atoms with van der Waals surface area (Å²) in [5.41, 5.74) is 7.44. The van der Waals surface area contributed by atoms with Crippen LogP contribution < -0.4 is 5.73 Å². The van der Waals surface area contributed by atoms with E-state index in [-0.39, 0.29) is 5.69 Å². The molecule has 0 aliphatic heterocycles. The van der Waals surface area contributed by atoms with Gasteiger partial charge in [-0.1, -0.05) is 11.6 Å². The Morgan fingerprint density at radius 3 is 2.88 bits per heavy atom. The number of nitrogens with zero attached hydrogens (tertiary/aromatic N) is 1. The summed E-state index contributed by atoms with van der Waals surface area (Å²) in [4.78, 5) is 10.9. The Hall–Kier alpha value is -1.94. The molecule has 0 spiro atoms. The molecule has 0 fully saturated rings. The number of hydrogen-bond acceptors (Lipinski definition) is 2. The molecule has 1 aromatic carbocycles. The molecule has 0 amide bonds. The lowest BCUT2D eigenvalue weighted by Gasteiger charge is -2.09. The van der Waals surface area contributed by atoms with Gasteiger partial charge in [-0.2, -0.15) is 0 Å². The molecule has 88 valence electrons. The molecule has 0 radical (unpaired) electrons. The van der Waals surface area contributed by atoms with Gasteiger partial charge in [-0.25, -0.2) is 4.79 Å². The molecule has 5 heteroatoms. The lowest BCUT2D eigenvalue weighted by atomic mass is 10.2. The van der Waals surface area contributed by atoms with E-state index in [9.17, 15) is 4.79 Å². The molecule has 0 aliphatic carbocycles. The highest BCUT2D eigenvalue weighted by Gasteiger charge is 2.10. The zero-order valence-corrected chi connectivity index (χ0v) is 9.69. The van der Waals surface area contributed by atoms with Crippen molar-refractivity contribution in [2.45, 2.75) is 6.54 Å². The van der Waals surface area contributed by atoms with E-state index in [4.69, 9.17) is 22.4 Å². The molecule has 0 saturated carbocycles. The Morgan fingerprint density at radius 1 is 1.41 bits per heavy atom. The van der Waals surface area contributed by atoms with E-state index in [0.717, 1.165) is 5.56 Å². The van der Waals surface area contributed by atoms with Gasteiger partial charge in [0.15, 0.2) is 0 Å². The number of carboxylic acid groups (broad SMARTS) is 1. The third-order valence-corrected chi connectivity index (χ3v) is 2.73. The van der Waals surface area contributed by atoms with E-state index in [0.29, 0.717) is 17.3 Å². The summed E-state index contributed by atoms with van der Waals surface area (Å²) in [7, 11) is 0. The van der Waals surface area contributed by atoms with Crippen molar-refractivity contribution in [1.82, 2.24) is 4.57 Å². The maximum atomic E-state index is 10.9. The predicted octanol–water partition coefficient (Wildman–Crippen LogP) is 2.47. The average molecular weight is 251 g/mol. The number of nitrogen functional groups attached to an aromatic ring is 1. The molecule has 0 unspecified atom stereocenters. The third kappa shape index (κ3) is 2.42. The first-order valence-electron chi connectivity index (χ1n) is 5.00. The summed E-state index contributed by atoms with van der Waals surface area (Å²) in [5, 5.41) is 9.56. The quantitative estimate of drug-likeness (QED) is 0.823. The molecular weight excluding hydrogens is 240 g/mol. The molecule has 2 rings (SSSR count). The minimum Gasteiger partial charge on any atom is -0.477 e. The second-order valence-electron chi connectivity index (χ2n) is 3.67. The van der Waals surface area contributed by atoms with Gasteiger partial charge in [-0.3, -0.25) is 0 Å². The van der Waals surface area contributed by atoms with Gasteiger partial charge in [-0.05, 0) is 35.9 Å². The number of nitrogens with two attached hydrogens (primary N) is 1. The van der Waals surface area contributed by atoms with Gasteiger partial charge in [0.1, 0.15) is 5.69 Å². The Bertz CT molecular complexity index is 563. The van der Waals surface area contributed by atoms with Crippen LogP contribution in [-0.4, -0.2) is 15.6 Å². The second kappa shape index (κ2) is 4.51. The number of carboxylic acids is 1. The van der Waals surface area contributed by atoms with Crippen LogP contribution in [0.25, 0.3) is 0 Å². The van der Waals surface area contributed by atoms with Crippen LogP contribution in [0.15, 0.2) is 36.5 Å². The summed E-state index contributed by atoms with van der Waals surface area (Å²) in [6, 6.07) is 8.38. The average Bonchev–Trinajstić information content (AvgIpc) is 2.71. The van der Waals surface area contributed by atoms with E-state index < -0.39 is 5.97 Å². The first-order chi connectivity index (χ1) is 8.08. The van der Waals surface area contributed by atoms with E-state index >= 15 is 0 Å². The van der Waals surface area contributed by atoms with E-state index in [2.05, 4.69) is 0 Å². The van der Waals surface area contributed by atoms with Crippen molar-refractivity contribution in [2.75, 3.05) is 5.73 Å². The maximum absolute atomic E-state index is 10.9. The fourth-order valence-corrected chi connectivity index (χ4v) is 1.84. The minimum absolute atomic E-state index is 0.226. The molecule has 1 aromatic heterocycles. The second-order valence-corrected chi connectivity index (χ2v) is 4.11. The molecule has 0 saturated heterocycles. The topological polar surface area (TPSA) is 68.2 Å². The fraction of sp³-hybridized carbons (Fsp3) is 0.0833. The largest absolute Gasteiger partial charge is 0.477 e. The number of carbonyl (C=O) groups is 1. The first kappa shape index (κ1) is 11.5. The predicted molar refractivity (Wildman–Crippen MR) is 66.4 cm³/mol. The summed E-state index contributed by atoms with van der Waals surface area (Å²) in [6.45, 7) is 0.390. The zero-order valence-electron chi connectivity index (χ0n) is 8.93. The van der Waals surface area contributed by atoms with Gasteiger partial charge < -0.3 is 15.4 Å². The SMILES string of the molecule is Nc1ccc(Cl)cc1Cn1cccc1C(=O)O. The number of benzene rings is 1. The van der Waals surface area contributed by atoms with Crippen LogP contribution in [0.2, 0.25) is 5.02 Å². The number of halogens is 1. The third-order valence-electron chi connectivity index (χ3n) is 2.49. The van der Waals surface area contributed by atoms with Crippen molar-refractivity contribution >= 4 is 23.3 Å². The summed E-state index contributed by atoms with van der Waals surface area (Å²) in [5.74, 6) is -0.962. The molecule has 4 nitrogen and oxygen atoms in total. The molecule has 0 atom stereocenters. The van der Waals surface area contributed by atoms with Crippen molar-refractivity contribution in [3.63, 3.8) is 0 Å². The molecule has 2 aromatic rings. The van der Waals surface area contributed by atoms with Gasteiger partial charge in [0.2, 0.25) is 0 Å². The first-order valence-corrected chi connectivity index (χ1v) is 5.38. The molecule has 0 bridgehead atoms. The van der Waals surface area contributed by atoms with Crippen molar-refractivity contribution in [3.8, 4) is 0 Å². The van der Waals surface area contributed by atoms with Gasteiger partial charge >= 0.3 is 5.97 Å². The summed E-state index contributed by atoms with van der Waals surface area (Å²) >= 11 is 5.88. The van der Waals surface area contributed by atoms with Crippen molar-refractivity contribution < 1.29 is 9.90 Å². The molecule has 3 N–H and O–H groups in total. The van der Waals surface area contributed by atoms with Gasteiger partial charge in [-0.15, -0.1) is 0 Å². The molecule has 17 heavy (non-hydrogen) atoms. The Labute approximate surface area is 103 Å². The monoisotopic (exact) mass is 250 g/mol. The summed E-state index contributed by atoms with van der Waals surface area (Å²) < 4.78 is 1.62. The number of hydrogen-bond donors (Lipinski definition) is 2. The number of anilines is 1. The van der Waals surface area contributed by atoms with Gasteiger partial charge in [0, 0.05) is 23.5 Å². The highest BCUT2D eigenvalue weighted by atomic mass is 35.5. The summed E-state index contributed by atoms with van der Waals surface area (Å²) in [6.07, 6.45) is 1.70. The van der Waals surface area contributed by atoms with Crippen LogP contribution in [-0.2, 0) is 6.54 Å². The number of rotatable bonds is 3. The molecule has 1 heterocycles. The van der Waals surface area contributed by atoms with Crippen LogP contribution in [0, 0.1) is 0 Å². The van der Waals surface area contributed by atoms with Gasteiger partial charge in [0.25, 0.3) is 0 Å². The molecule has 0 aliphatic rings.